The van der Waals surface area contributed by atoms with Crippen molar-refractivity contribution in [3.8, 4) is 0 Å². The third kappa shape index (κ3) is 5.77. The topological polar surface area (TPSA) is 6.48 Å². The molecule has 0 N–H and O–H groups in total. The standard InChI is InChI=1S/C47H55BN2/c1-30-25-41-43-42(26-30)50(36-16-14-15-32(27-36)45(5,6)7)40-29-34(47(11,12)13)19-23-37(40)48(43)38-28-33(46(8,9)10)20-24-39(38)49(41)35-21-17-31(18-22-35)44(2,3)4/h14-29H,1-13H3. The molecule has 0 unspecified atom stereocenters. The summed E-state index contributed by atoms with van der Waals surface area (Å²) in [6.07, 6.45) is 0. The smallest absolute Gasteiger partial charge is 0.252 e. The first kappa shape index (κ1) is 34.2. The second kappa shape index (κ2) is 11.4. The molecule has 3 heteroatoms. The zero-order chi connectivity index (χ0) is 36.1. The van der Waals surface area contributed by atoms with Crippen LogP contribution in [0, 0.1) is 6.92 Å². The van der Waals surface area contributed by atoms with E-state index in [2.05, 4.69) is 197 Å². The summed E-state index contributed by atoms with van der Waals surface area (Å²) in [4.78, 5) is 5.11. The van der Waals surface area contributed by atoms with Gasteiger partial charge in [0.15, 0.2) is 0 Å². The summed E-state index contributed by atoms with van der Waals surface area (Å²) in [7, 11) is 0. The van der Waals surface area contributed by atoms with E-state index in [9.17, 15) is 0 Å². The van der Waals surface area contributed by atoms with E-state index in [1.54, 1.807) is 0 Å². The lowest BCUT2D eigenvalue weighted by Crippen LogP contribution is -2.61. The van der Waals surface area contributed by atoms with E-state index in [-0.39, 0.29) is 28.4 Å². The van der Waals surface area contributed by atoms with Gasteiger partial charge in [0.2, 0.25) is 0 Å². The largest absolute Gasteiger partial charge is 0.311 e. The lowest BCUT2D eigenvalue weighted by molar-refractivity contribution is 0.589. The second-order valence-electron chi connectivity index (χ2n) is 19.0. The number of benzene rings is 5. The van der Waals surface area contributed by atoms with Gasteiger partial charge < -0.3 is 9.80 Å². The summed E-state index contributed by atoms with van der Waals surface area (Å²) in [5.41, 5.74) is 18.5. The number of fused-ring (bicyclic) bond motifs is 4. The van der Waals surface area contributed by atoms with Crippen LogP contribution in [0.1, 0.15) is 111 Å². The predicted octanol–water partition coefficient (Wildman–Crippen LogP) is 11.3. The summed E-state index contributed by atoms with van der Waals surface area (Å²) < 4.78 is 0. The van der Waals surface area contributed by atoms with Crippen molar-refractivity contribution >= 4 is 57.2 Å². The normalized spacial score (nSPS) is 14.4. The molecule has 5 aromatic carbocycles. The Kier molecular flexibility index (Phi) is 7.80. The lowest BCUT2D eigenvalue weighted by atomic mass is 9.33. The number of rotatable bonds is 2. The average molecular weight is 659 g/mol. The van der Waals surface area contributed by atoms with E-state index in [4.69, 9.17) is 0 Å². The summed E-state index contributed by atoms with van der Waals surface area (Å²) in [6.45, 7) is 30.1. The van der Waals surface area contributed by atoms with Crippen molar-refractivity contribution in [2.75, 3.05) is 9.80 Å². The van der Waals surface area contributed by atoms with E-state index in [0.29, 0.717) is 0 Å². The Hall–Kier alpha value is -4.24. The van der Waals surface area contributed by atoms with Crippen molar-refractivity contribution in [2.24, 2.45) is 0 Å². The summed E-state index contributed by atoms with van der Waals surface area (Å²) in [6, 6.07) is 37.9. The Labute approximate surface area is 302 Å². The molecule has 5 aromatic rings. The molecule has 0 bridgehead atoms. The van der Waals surface area contributed by atoms with Gasteiger partial charge in [0.1, 0.15) is 0 Å². The SMILES string of the molecule is Cc1cc2c3c(c1)N(c1cccc(C(C)(C)C)c1)c1cc(C(C)(C)C)ccc1B3c1cc(C(C)(C)C)ccc1N2c1ccc(C(C)(C)C)cc1. The molecule has 0 saturated carbocycles. The van der Waals surface area contributed by atoms with E-state index < -0.39 is 0 Å². The van der Waals surface area contributed by atoms with Crippen molar-refractivity contribution in [1.29, 1.82) is 0 Å². The summed E-state index contributed by atoms with van der Waals surface area (Å²) >= 11 is 0. The van der Waals surface area contributed by atoms with E-state index in [0.717, 1.165) is 0 Å². The maximum Gasteiger partial charge on any atom is 0.252 e. The van der Waals surface area contributed by atoms with Crippen LogP contribution in [0.2, 0.25) is 0 Å². The fourth-order valence-corrected chi connectivity index (χ4v) is 7.85. The third-order valence-corrected chi connectivity index (χ3v) is 10.9. The van der Waals surface area contributed by atoms with Gasteiger partial charge in [-0.3, -0.25) is 0 Å². The number of aryl methyl sites for hydroxylation is 1. The van der Waals surface area contributed by atoms with Crippen molar-refractivity contribution in [3.05, 3.63) is 125 Å². The van der Waals surface area contributed by atoms with E-state index in [1.807, 2.05) is 0 Å². The zero-order valence-electron chi connectivity index (χ0n) is 32.7. The van der Waals surface area contributed by atoms with Crippen LogP contribution in [0.4, 0.5) is 34.1 Å². The molecule has 0 amide bonds. The summed E-state index contributed by atoms with van der Waals surface area (Å²) in [5.74, 6) is 0. The van der Waals surface area contributed by atoms with Crippen molar-refractivity contribution in [3.63, 3.8) is 0 Å². The lowest BCUT2D eigenvalue weighted by Gasteiger charge is -2.45. The molecule has 0 atom stereocenters. The zero-order valence-corrected chi connectivity index (χ0v) is 32.7. The molecule has 256 valence electrons. The minimum atomic E-state index is 0.0197. The van der Waals surface area contributed by atoms with Gasteiger partial charge in [-0.05, 0) is 121 Å². The molecule has 0 aromatic heterocycles. The number of nitrogens with zero attached hydrogens (tertiary/aromatic N) is 2. The third-order valence-electron chi connectivity index (χ3n) is 10.9. The number of hydrogen-bond donors (Lipinski definition) is 0. The van der Waals surface area contributed by atoms with Crippen LogP contribution in [-0.2, 0) is 21.7 Å². The minimum Gasteiger partial charge on any atom is -0.311 e. The highest BCUT2D eigenvalue weighted by atomic mass is 15.2. The van der Waals surface area contributed by atoms with Crippen LogP contribution in [0.25, 0.3) is 0 Å². The molecular formula is C47H55BN2. The maximum absolute atomic E-state index is 2.57. The molecule has 0 radical (unpaired) electrons. The van der Waals surface area contributed by atoms with Crippen molar-refractivity contribution in [2.45, 2.75) is 112 Å². The first-order valence-electron chi connectivity index (χ1n) is 18.5. The highest BCUT2D eigenvalue weighted by Gasteiger charge is 2.44. The van der Waals surface area contributed by atoms with Gasteiger partial charge in [-0.1, -0.05) is 132 Å². The van der Waals surface area contributed by atoms with Gasteiger partial charge in [0.25, 0.3) is 6.71 Å². The van der Waals surface area contributed by atoms with Crippen molar-refractivity contribution < 1.29 is 0 Å². The fraction of sp³-hybridized carbons (Fsp3) is 0.362. The van der Waals surface area contributed by atoms with Crippen LogP contribution in [-0.4, -0.2) is 6.71 Å². The summed E-state index contributed by atoms with van der Waals surface area (Å²) in [5, 5.41) is 0. The highest BCUT2D eigenvalue weighted by Crippen LogP contribution is 2.46. The van der Waals surface area contributed by atoms with Gasteiger partial charge in [0.05, 0.1) is 0 Å². The van der Waals surface area contributed by atoms with Crippen LogP contribution >= 0.6 is 0 Å². The molecule has 2 aliphatic heterocycles. The van der Waals surface area contributed by atoms with Gasteiger partial charge in [-0.15, -0.1) is 0 Å². The molecule has 0 spiro atoms. The number of hydrogen-bond acceptors (Lipinski definition) is 2. The Morgan fingerprint density at radius 2 is 0.900 bits per heavy atom. The maximum atomic E-state index is 2.57. The molecule has 0 fully saturated rings. The molecule has 50 heavy (non-hydrogen) atoms. The van der Waals surface area contributed by atoms with E-state index in [1.165, 1.54) is 78.3 Å². The Morgan fingerprint density at radius 1 is 0.400 bits per heavy atom. The van der Waals surface area contributed by atoms with Crippen molar-refractivity contribution in [1.82, 2.24) is 0 Å². The Balaban J connectivity index is 1.58. The fourth-order valence-electron chi connectivity index (χ4n) is 7.85. The molecule has 7 rings (SSSR count). The van der Waals surface area contributed by atoms with Gasteiger partial charge in [0, 0.05) is 34.1 Å². The van der Waals surface area contributed by atoms with Crippen LogP contribution < -0.4 is 26.2 Å². The van der Waals surface area contributed by atoms with Gasteiger partial charge in [-0.2, -0.15) is 0 Å². The molecule has 2 nitrogen and oxygen atoms in total. The highest BCUT2D eigenvalue weighted by molar-refractivity contribution is 7.00. The first-order valence-corrected chi connectivity index (χ1v) is 18.5. The van der Waals surface area contributed by atoms with E-state index >= 15 is 0 Å². The molecule has 0 saturated heterocycles. The monoisotopic (exact) mass is 658 g/mol. The van der Waals surface area contributed by atoms with Gasteiger partial charge in [-0.25, -0.2) is 0 Å². The first-order chi connectivity index (χ1) is 23.2. The Bertz CT molecular complexity index is 2110. The quantitative estimate of drug-likeness (QED) is 0.171. The molecule has 2 heterocycles. The number of anilines is 6. The van der Waals surface area contributed by atoms with Gasteiger partial charge >= 0.3 is 0 Å². The van der Waals surface area contributed by atoms with Crippen LogP contribution in [0.5, 0.6) is 0 Å². The predicted molar refractivity (Wildman–Crippen MR) is 220 cm³/mol. The minimum absolute atomic E-state index is 0.0197. The van der Waals surface area contributed by atoms with Crippen LogP contribution in [0.15, 0.2) is 97.1 Å². The second-order valence-corrected chi connectivity index (χ2v) is 19.0. The van der Waals surface area contributed by atoms with Crippen LogP contribution in [0.3, 0.4) is 0 Å². The average Bonchev–Trinajstić information content (AvgIpc) is 3.02. The Morgan fingerprint density at radius 3 is 1.48 bits per heavy atom. The molecule has 2 aliphatic rings. The molecular weight excluding hydrogens is 603 g/mol. The molecule has 0 aliphatic carbocycles.